The predicted molar refractivity (Wildman–Crippen MR) is 69.1 cm³/mol. The van der Waals surface area contributed by atoms with Gasteiger partial charge in [-0.15, -0.1) is 0 Å². The molecule has 0 unspecified atom stereocenters. The highest BCUT2D eigenvalue weighted by Crippen LogP contribution is 2.36. The van der Waals surface area contributed by atoms with Crippen LogP contribution in [0.5, 0.6) is 0 Å². The Bertz CT molecular complexity index is 523. The van der Waals surface area contributed by atoms with Gasteiger partial charge in [0.2, 0.25) is 0 Å². The zero-order valence-electron chi connectivity index (χ0n) is 10.0. The summed E-state index contributed by atoms with van der Waals surface area (Å²) in [5, 5.41) is 13.8. The van der Waals surface area contributed by atoms with Gasteiger partial charge >= 0.3 is 5.69 Å². The first kappa shape index (κ1) is 14.9. The SMILES string of the molecule is CCOCCNc1sc(S(C)(=O)=O)cc1[N+](=O)[O-]. The van der Waals surface area contributed by atoms with E-state index in [2.05, 4.69) is 5.32 Å². The number of ether oxygens (including phenoxy) is 1. The van der Waals surface area contributed by atoms with E-state index in [1.165, 1.54) is 0 Å². The van der Waals surface area contributed by atoms with Gasteiger partial charge in [-0.25, -0.2) is 8.42 Å². The molecule has 1 aromatic rings. The second-order valence-corrected chi connectivity index (χ2v) is 6.73. The number of hydrogen-bond donors (Lipinski definition) is 1. The van der Waals surface area contributed by atoms with E-state index in [4.69, 9.17) is 4.74 Å². The molecule has 102 valence electrons. The third-order valence-electron chi connectivity index (χ3n) is 1.99. The Balaban J connectivity index is 2.88. The third kappa shape index (κ3) is 3.93. The Morgan fingerprint density at radius 1 is 1.56 bits per heavy atom. The van der Waals surface area contributed by atoms with Crippen molar-refractivity contribution in [1.82, 2.24) is 0 Å². The molecule has 0 spiro atoms. The summed E-state index contributed by atoms with van der Waals surface area (Å²) in [4.78, 5) is 10.2. The summed E-state index contributed by atoms with van der Waals surface area (Å²) in [7, 11) is -3.43. The van der Waals surface area contributed by atoms with Crippen LogP contribution in [0.4, 0.5) is 10.7 Å². The van der Waals surface area contributed by atoms with E-state index in [-0.39, 0.29) is 14.9 Å². The van der Waals surface area contributed by atoms with E-state index in [9.17, 15) is 18.5 Å². The average Bonchev–Trinajstić information content (AvgIpc) is 2.68. The highest BCUT2D eigenvalue weighted by molar-refractivity contribution is 7.92. The first-order chi connectivity index (χ1) is 8.36. The predicted octanol–water partition coefficient (Wildman–Crippen LogP) is 1.51. The summed E-state index contributed by atoms with van der Waals surface area (Å²) in [6.45, 7) is 3.19. The number of nitrogens with zero attached hydrogens (tertiary/aromatic N) is 1. The van der Waals surface area contributed by atoms with Gasteiger partial charge in [-0.05, 0) is 6.92 Å². The topological polar surface area (TPSA) is 98.5 Å². The maximum absolute atomic E-state index is 11.3. The van der Waals surface area contributed by atoms with Gasteiger partial charge in [-0.3, -0.25) is 10.1 Å². The summed E-state index contributed by atoms with van der Waals surface area (Å²) in [6.07, 6.45) is 1.02. The molecule has 0 amide bonds. The molecule has 1 aromatic heterocycles. The Labute approximate surface area is 109 Å². The minimum absolute atomic E-state index is 0.0203. The Morgan fingerprint density at radius 2 is 2.22 bits per heavy atom. The maximum atomic E-state index is 11.3. The van der Waals surface area contributed by atoms with E-state index in [1.54, 1.807) is 0 Å². The van der Waals surface area contributed by atoms with Crippen LogP contribution in [0.2, 0.25) is 0 Å². The van der Waals surface area contributed by atoms with Gasteiger partial charge in [0.1, 0.15) is 4.21 Å². The third-order valence-corrected chi connectivity index (χ3v) is 4.87. The van der Waals surface area contributed by atoms with E-state index in [0.717, 1.165) is 23.7 Å². The summed E-state index contributed by atoms with van der Waals surface area (Å²) in [6, 6.07) is 1.07. The van der Waals surface area contributed by atoms with Gasteiger partial charge in [-0.1, -0.05) is 11.3 Å². The number of thiophene rings is 1. The van der Waals surface area contributed by atoms with Crippen LogP contribution in [0.15, 0.2) is 10.3 Å². The second-order valence-electron chi connectivity index (χ2n) is 3.43. The zero-order chi connectivity index (χ0) is 13.8. The monoisotopic (exact) mass is 294 g/mol. The van der Waals surface area contributed by atoms with E-state index < -0.39 is 14.8 Å². The molecule has 1 N–H and O–H groups in total. The lowest BCUT2D eigenvalue weighted by atomic mass is 10.5. The molecule has 0 aliphatic heterocycles. The standard InChI is InChI=1S/C9H14N2O5S2/c1-3-16-5-4-10-9-7(11(12)13)6-8(17-9)18(2,14)15/h6,10H,3-5H2,1-2H3. The van der Waals surface area contributed by atoms with Crippen molar-refractivity contribution in [3.63, 3.8) is 0 Å². The molecule has 0 saturated heterocycles. The minimum Gasteiger partial charge on any atom is -0.380 e. The van der Waals surface area contributed by atoms with Crippen molar-refractivity contribution in [2.24, 2.45) is 0 Å². The maximum Gasteiger partial charge on any atom is 0.304 e. The quantitative estimate of drug-likeness (QED) is 0.465. The molecule has 0 saturated carbocycles. The van der Waals surface area contributed by atoms with Crippen LogP contribution in [-0.2, 0) is 14.6 Å². The largest absolute Gasteiger partial charge is 0.380 e. The molecule has 0 bridgehead atoms. The van der Waals surface area contributed by atoms with Crippen molar-refractivity contribution in [3.05, 3.63) is 16.2 Å². The van der Waals surface area contributed by atoms with Crippen LogP contribution in [0.3, 0.4) is 0 Å². The molecule has 9 heteroatoms. The molecule has 0 fully saturated rings. The minimum atomic E-state index is -3.43. The fourth-order valence-corrected chi connectivity index (χ4v) is 3.15. The van der Waals surface area contributed by atoms with Crippen molar-refractivity contribution in [2.75, 3.05) is 31.3 Å². The van der Waals surface area contributed by atoms with Crippen LogP contribution in [0, 0.1) is 10.1 Å². The second kappa shape index (κ2) is 6.12. The zero-order valence-corrected chi connectivity index (χ0v) is 11.6. The lowest BCUT2D eigenvalue weighted by Gasteiger charge is -2.02. The van der Waals surface area contributed by atoms with Gasteiger partial charge in [0.05, 0.1) is 11.5 Å². The number of rotatable bonds is 7. The molecule has 0 radical (unpaired) electrons. The molecule has 1 rings (SSSR count). The van der Waals surface area contributed by atoms with Crippen LogP contribution in [0.1, 0.15) is 6.92 Å². The number of sulfone groups is 1. The Hall–Kier alpha value is -1.19. The lowest BCUT2D eigenvalue weighted by Crippen LogP contribution is -2.09. The summed E-state index contributed by atoms with van der Waals surface area (Å²) >= 11 is 0.857. The average molecular weight is 294 g/mol. The molecule has 1 heterocycles. The molecule has 0 aliphatic rings. The van der Waals surface area contributed by atoms with Gasteiger partial charge < -0.3 is 10.1 Å². The van der Waals surface area contributed by atoms with Gasteiger partial charge in [0.25, 0.3) is 0 Å². The molecule has 18 heavy (non-hydrogen) atoms. The summed E-state index contributed by atoms with van der Waals surface area (Å²) < 4.78 is 27.7. The highest BCUT2D eigenvalue weighted by atomic mass is 32.2. The smallest absolute Gasteiger partial charge is 0.304 e. The fourth-order valence-electron chi connectivity index (χ4n) is 1.19. The van der Waals surface area contributed by atoms with Crippen molar-refractivity contribution in [3.8, 4) is 0 Å². The van der Waals surface area contributed by atoms with Crippen LogP contribution in [-0.4, -0.2) is 39.4 Å². The van der Waals surface area contributed by atoms with Crippen LogP contribution in [0.25, 0.3) is 0 Å². The first-order valence-electron chi connectivity index (χ1n) is 5.16. The molecule has 7 nitrogen and oxygen atoms in total. The van der Waals surface area contributed by atoms with E-state index >= 15 is 0 Å². The van der Waals surface area contributed by atoms with Crippen molar-refractivity contribution < 1.29 is 18.1 Å². The van der Waals surface area contributed by atoms with Crippen molar-refractivity contribution in [1.29, 1.82) is 0 Å². The molecule has 0 atom stereocenters. The number of hydrogen-bond acceptors (Lipinski definition) is 7. The number of nitrogens with one attached hydrogen (secondary N) is 1. The molecular weight excluding hydrogens is 280 g/mol. The molecule has 0 aromatic carbocycles. The number of anilines is 1. The van der Waals surface area contributed by atoms with Crippen LogP contribution < -0.4 is 5.32 Å². The van der Waals surface area contributed by atoms with E-state index in [1.807, 2.05) is 6.92 Å². The first-order valence-corrected chi connectivity index (χ1v) is 7.87. The summed E-state index contributed by atoms with van der Waals surface area (Å²) in [5.74, 6) is 0. The van der Waals surface area contributed by atoms with E-state index in [0.29, 0.717) is 19.8 Å². The van der Waals surface area contributed by atoms with Gasteiger partial charge in [0.15, 0.2) is 14.8 Å². The lowest BCUT2D eigenvalue weighted by molar-refractivity contribution is -0.383. The molecule has 0 aliphatic carbocycles. The summed E-state index contributed by atoms with van der Waals surface area (Å²) in [5.41, 5.74) is -0.225. The Kier molecular flexibility index (Phi) is 5.05. The highest BCUT2D eigenvalue weighted by Gasteiger charge is 2.23. The van der Waals surface area contributed by atoms with Crippen molar-refractivity contribution in [2.45, 2.75) is 11.1 Å². The van der Waals surface area contributed by atoms with Crippen molar-refractivity contribution >= 4 is 31.9 Å². The fraction of sp³-hybridized carbons (Fsp3) is 0.556. The normalized spacial score (nSPS) is 11.4. The molecular formula is C9H14N2O5S2. The van der Waals surface area contributed by atoms with Gasteiger partial charge in [-0.2, -0.15) is 0 Å². The Morgan fingerprint density at radius 3 is 2.72 bits per heavy atom. The van der Waals surface area contributed by atoms with Gasteiger partial charge in [0, 0.05) is 25.5 Å². The number of nitro groups is 1. The van der Waals surface area contributed by atoms with Crippen LogP contribution >= 0.6 is 11.3 Å².